The van der Waals surface area contributed by atoms with Crippen LogP contribution in [0, 0.1) is 0 Å². The highest BCUT2D eigenvalue weighted by atomic mass is 35.5. The molecule has 3 N–H and O–H groups in total. The summed E-state index contributed by atoms with van der Waals surface area (Å²) in [5, 5.41) is 13.8. The molecule has 0 saturated carbocycles. The summed E-state index contributed by atoms with van der Waals surface area (Å²) in [5.41, 5.74) is 6.72. The van der Waals surface area contributed by atoms with Crippen LogP contribution in [0.15, 0.2) is 30.6 Å². The maximum absolute atomic E-state index is 11.0. The van der Waals surface area contributed by atoms with Gasteiger partial charge in [0.1, 0.15) is 0 Å². The molecule has 1 amide bonds. The van der Waals surface area contributed by atoms with Gasteiger partial charge in [-0.05, 0) is 18.2 Å². The lowest BCUT2D eigenvalue weighted by Gasteiger charge is -2.07. The van der Waals surface area contributed by atoms with E-state index >= 15 is 0 Å². The number of carbonyl (C=O) groups excluding carboxylic acids is 1. The number of amides is 1. The number of rotatable bonds is 3. The van der Waals surface area contributed by atoms with Gasteiger partial charge in [0.05, 0.1) is 24.1 Å². The topological polar surface area (TPSA) is 81.1 Å². The zero-order valence-electron chi connectivity index (χ0n) is 8.80. The molecule has 0 atom stereocenters. The molecule has 0 aliphatic heterocycles. The van der Waals surface area contributed by atoms with Crippen LogP contribution in [-0.4, -0.2) is 20.8 Å². The summed E-state index contributed by atoms with van der Waals surface area (Å²) < 4.78 is 1.47. The molecule has 0 fully saturated rings. The summed E-state index contributed by atoms with van der Waals surface area (Å²) in [7, 11) is 0. The summed E-state index contributed by atoms with van der Waals surface area (Å²) in [5.74, 6) is -0.546. The Morgan fingerprint density at radius 1 is 1.53 bits per heavy atom. The van der Waals surface area contributed by atoms with Gasteiger partial charge in [-0.25, -0.2) is 4.68 Å². The van der Waals surface area contributed by atoms with Crippen LogP contribution in [0.4, 0.5) is 0 Å². The van der Waals surface area contributed by atoms with Crippen molar-refractivity contribution in [2.24, 2.45) is 5.73 Å². The number of nitrogens with two attached hydrogens (primary N) is 1. The van der Waals surface area contributed by atoms with Crippen LogP contribution in [0.1, 0.15) is 15.9 Å². The average Bonchev–Trinajstić information content (AvgIpc) is 2.78. The number of aliphatic hydroxyl groups is 1. The Bertz CT molecular complexity index is 566. The fraction of sp³-hybridized carbons (Fsp3) is 0.0909. The first kappa shape index (κ1) is 11.6. The first-order valence-electron chi connectivity index (χ1n) is 4.86. The second kappa shape index (κ2) is 4.57. The van der Waals surface area contributed by atoms with Crippen molar-refractivity contribution in [3.63, 3.8) is 0 Å². The third-order valence-corrected chi connectivity index (χ3v) is 2.56. The van der Waals surface area contributed by atoms with Crippen LogP contribution >= 0.6 is 11.6 Å². The van der Waals surface area contributed by atoms with Crippen molar-refractivity contribution in [2.75, 3.05) is 0 Å². The number of aliphatic hydroxyl groups excluding tert-OH is 1. The number of hydrogen-bond donors (Lipinski definition) is 2. The molecule has 2 aromatic rings. The van der Waals surface area contributed by atoms with Crippen LogP contribution < -0.4 is 5.73 Å². The van der Waals surface area contributed by atoms with Gasteiger partial charge in [0.25, 0.3) is 5.91 Å². The second-order valence-electron chi connectivity index (χ2n) is 3.47. The Kier molecular flexibility index (Phi) is 3.12. The lowest BCUT2D eigenvalue weighted by atomic mass is 10.2. The van der Waals surface area contributed by atoms with E-state index in [1.165, 1.54) is 17.1 Å². The summed E-state index contributed by atoms with van der Waals surface area (Å²) in [6.45, 7) is -0.165. The molecular weight excluding hydrogens is 242 g/mol. The molecule has 6 heteroatoms. The standard InChI is InChI=1S/C11H10ClN3O2/c12-9-1-2-10(7(3-9)6-16)15-5-8(4-14-15)11(13)17/h1-5,16H,6H2,(H2,13,17). The second-order valence-corrected chi connectivity index (χ2v) is 3.91. The van der Waals surface area contributed by atoms with Crippen molar-refractivity contribution < 1.29 is 9.90 Å². The van der Waals surface area contributed by atoms with Gasteiger partial charge in [0, 0.05) is 16.8 Å². The molecule has 0 aliphatic carbocycles. The molecule has 17 heavy (non-hydrogen) atoms. The highest BCUT2D eigenvalue weighted by Gasteiger charge is 2.09. The van der Waals surface area contributed by atoms with Crippen LogP contribution in [0.3, 0.4) is 0 Å². The van der Waals surface area contributed by atoms with Crippen molar-refractivity contribution in [1.82, 2.24) is 9.78 Å². The highest BCUT2D eigenvalue weighted by molar-refractivity contribution is 6.30. The quantitative estimate of drug-likeness (QED) is 0.858. The predicted octanol–water partition coefficient (Wildman–Crippen LogP) is 1.12. The van der Waals surface area contributed by atoms with Crippen molar-refractivity contribution in [1.29, 1.82) is 0 Å². The van der Waals surface area contributed by atoms with Gasteiger partial charge in [-0.1, -0.05) is 11.6 Å². The molecule has 5 nitrogen and oxygen atoms in total. The Labute approximate surface area is 102 Å². The molecule has 2 rings (SSSR count). The molecule has 0 aliphatic rings. The SMILES string of the molecule is NC(=O)c1cnn(-c2ccc(Cl)cc2CO)c1. The molecule has 0 bridgehead atoms. The molecule has 1 aromatic heterocycles. The van der Waals surface area contributed by atoms with Gasteiger partial charge >= 0.3 is 0 Å². The molecule has 0 spiro atoms. The predicted molar refractivity (Wildman–Crippen MR) is 63.0 cm³/mol. The van der Waals surface area contributed by atoms with Gasteiger partial charge in [-0.3, -0.25) is 4.79 Å². The largest absolute Gasteiger partial charge is 0.392 e. The Hall–Kier alpha value is -1.85. The van der Waals surface area contributed by atoms with Crippen molar-refractivity contribution in [2.45, 2.75) is 6.61 Å². The number of nitrogens with zero attached hydrogens (tertiary/aromatic N) is 2. The van der Waals surface area contributed by atoms with Gasteiger partial charge < -0.3 is 10.8 Å². The Morgan fingerprint density at radius 3 is 2.88 bits per heavy atom. The Morgan fingerprint density at radius 2 is 2.29 bits per heavy atom. The monoisotopic (exact) mass is 251 g/mol. The van der Waals surface area contributed by atoms with Crippen LogP contribution in [0.2, 0.25) is 5.02 Å². The fourth-order valence-electron chi connectivity index (χ4n) is 1.49. The van der Waals surface area contributed by atoms with Crippen molar-refractivity contribution in [3.05, 3.63) is 46.7 Å². The molecule has 1 heterocycles. The van der Waals surface area contributed by atoms with E-state index in [1.54, 1.807) is 18.2 Å². The van der Waals surface area contributed by atoms with E-state index in [2.05, 4.69) is 5.10 Å². The molecule has 0 saturated heterocycles. The number of primary amides is 1. The lowest BCUT2D eigenvalue weighted by Crippen LogP contribution is -2.09. The number of halogens is 1. The van der Waals surface area contributed by atoms with E-state index in [-0.39, 0.29) is 6.61 Å². The molecule has 0 unspecified atom stereocenters. The van der Waals surface area contributed by atoms with Gasteiger partial charge in [-0.15, -0.1) is 0 Å². The minimum atomic E-state index is -0.546. The van der Waals surface area contributed by atoms with E-state index in [0.29, 0.717) is 21.8 Å². The van der Waals surface area contributed by atoms with Gasteiger partial charge in [-0.2, -0.15) is 5.10 Å². The Balaban J connectivity index is 2.48. The van der Waals surface area contributed by atoms with Crippen LogP contribution in [0.5, 0.6) is 0 Å². The zero-order valence-corrected chi connectivity index (χ0v) is 9.55. The highest BCUT2D eigenvalue weighted by Crippen LogP contribution is 2.19. The summed E-state index contributed by atoms with van der Waals surface area (Å²) in [4.78, 5) is 11.0. The minimum absolute atomic E-state index is 0.165. The van der Waals surface area contributed by atoms with E-state index in [1.807, 2.05) is 0 Å². The third kappa shape index (κ3) is 2.30. The number of aromatic nitrogens is 2. The number of benzene rings is 1. The normalized spacial score (nSPS) is 10.5. The minimum Gasteiger partial charge on any atom is -0.392 e. The summed E-state index contributed by atoms with van der Waals surface area (Å²) in [6.07, 6.45) is 2.88. The van der Waals surface area contributed by atoms with Crippen LogP contribution in [-0.2, 0) is 6.61 Å². The first-order chi connectivity index (χ1) is 8.11. The summed E-state index contributed by atoms with van der Waals surface area (Å²) in [6, 6.07) is 5.04. The third-order valence-electron chi connectivity index (χ3n) is 2.33. The van der Waals surface area contributed by atoms with E-state index in [9.17, 15) is 9.90 Å². The molecular formula is C11H10ClN3O2. The zero-order chi connectivity index (χ0) is 12.4. The maximum atomic E-state index is 11.0. The summed E-state index contributed by atoms with van der Waals surface area (Å²) >= 11 is 5.82. The van der Waals surface area contributed by atoms with Crippen LogP contribution in [0.25, 0.3) is 5.69 Å². The number of carbonyl (C=O) groups is 1. The number of hydrogen-bond acceptors (Lipinski definition) is 3. The fourth-order valence-corrected chi connectivity index (χ4v) is 1.68. The van der Waals surface area contributed by atoms with Crippen molar-refractivity contribution >= 4 is 17.5 Å². The van der Waals surface area contributed by atoms with Gasteiger partial charge in [0.15, 0.2) is 0 Å². The molecule has 1 aromatic carbocycles. The van der Waals surface area contributed by atoms with E-state index in [4.69, 9.17) is 17.3 Å². The lowest BCUT2D eigenvalue weighted by molar-refractivity contribution is 0.100. The van der Waals surface area contributed by atoms with Gasteiger partial charge in [0.2, 0.25) is 0 Å². The first-order valence-corrected chi connectivity index (χ1v) is 5.23. The van der Waals surface area contributed by atoms with E-state index < -0.39 is 5.91 Å². The van der Waals surface area contributed by atoms with E-state index in [0.717, 1.165) is 0 Å². The maximum Gasteiger partial charge on any atom is 0.251 e. The smallest absolute Gasteiger partial charge is 0.251 e. The van der Waals surface area contributed by atoms with Crippen molar-refractivity contribution in [3.8, 4) is 5.69 Å². The molecule has 0 radical (unpaired) electrons. The molecule has 88 valence electrons. The average molecular weight is 252 g/mol.